The summed E-state index contributed by atoms with van der Waals surface area (Å²) >= 11 is 1.72. The van der Waals surface area contributed by atoms with Gasteiger partial charge in [-0.25, -0.2) is 4.98 Å². The van der Waals surface area contributed by atoms with Gasteiger partial charge in [0, 0.05) is 17.5 Å². The average molecular weight is 296 g/mol. The highest BCUT2D eigenvalue weighted by Crippen LogP contribution is 2.26. The van der Waals surface area contributed by atoms with E-state index in [-0.39, 0.29) is 5.54 Å². The molecule has 3 nitrogen and oxygen atoms in total. The second-order valence-electron chi connectivity index (χ2n) is 7.04. The monoisotopic (exact) mass is 296 g/mol. The first-order valence-corrected chi connectivity index (χ1v) is 8.60. The molecule has 1 aromatic heterocycles. The third-order valence-corrected chi connectivity index (χ3v) is 4.62. The first-order valence-electron chi connectivity index (χ1n) is 7.72. The molecule has 1 aliphatic carbocycles. The van der Waals surface area contributed by atoms with Crippen LogP contribution in [0.1, 0.15) is 64.1 Å². The molecule has 2 unspecified atom stereocenters. The van der Waals surface area contributed by atoms with Crippen LogP contribution in [-0.2, 0) is 17.9 Å². The number of hydrogen-bond donors (Lipinski definition) is 1. The zero-order valence-corrected chi connectivity index (χ0v) is 14.1. The van der Waals surface area contributed by atoms with E-state index >= 15 is 0 Å². The fourth-order valence-electron chi connectivity index (χ4n) is 2.57. The summed E-state index contributed by atoms with van der Waals surface area (Å²) in [4.78, 5) is 4.65. The molecule has 114 valence electrons. The minimum atomic E-state index is 0.139. The van der Waals surface area contributed by atoms with Crippen molar-refractivity contribution >= 4 is 11.3 Å². The Bertz CT molecular complexity index is 411. The van der Waals surface area contributed by atoms with Crippen LogP contribution in [0.5, 0.6) is 0 Å². The normalized spacial score (nSPS) is 24.0. The second kappa shape index (κ2) is 7.01. The summed E-state index contributed by atoms with van der Waals surface area (Å²) in [6.07, 6.45) is 5.54. The Morgan fingerprint density at radius 1 is 1.40 bits per heavy atom. The molecular formula is C16H28N2OS. The zero-order valence-electron chi connectivity index (χ0n) is 13.2. The van der Waals surface area contributed by atoms with Crippen LogP contribution in [0.4, 0.5) is 0 Å². The standard InChI is InChI=1S/C16H28N2OS/c1-12-6-5-7-14(8-12)19-10-13-11-20-15(18-13)9-17-16(2,3)4/h11-12,14,17H,5-10H2,1-4H3. The van der Waals surface area contributed by atoms with Gasteiger partial charge in [0.05, 0.1) is 18.4 Å². The molecule has 0 saturated heterocycles. The van der Waals surface area contributed by atoms with Gasteiger partial charge in [-0.05, 0) is 39.5 Å². The molecule has 1 fully saturated rings. The van der Waals surface area contributed by atoms with Gasteiger partial charge in [-0.15, -0.1) is 11.3 Å². The van der Waals surface area contributed by atoms with E-state index in [0.717, 1.165) is 23.2 Å². The molecular weight excluding hydrogens is 268 g/mol. The molecule has 20 heavy (non-hydrogen) atoms. The summed E-state index contributed by atoms with van der Waals surface area (Å²) in [6, 6.07) is 0. The predicted molar refractivity (Wildman–Crippen MR) is 84.9 cm³/mol. The lowest BCUT2D eigenvalue weighted by atomic mass is 9.89. The maximum atomic E-state index is 6.02. The molecule has 4 heteroatoms. The Labute approximate surface area is 127 Å². The van der Waals surface area contributed by atoms with Gasteiger partial charge in [-0.3, -0.25) is 0 Å². The van der Waals surface area contributed by atoms with Crippen LogP contribution in [0, 0.1) is 5.92 Å². The van der Waals surface area contributed by atoms with Gasteiger partial charge in [0.1, 0.15) is 5.01 Å². The van der Waals surface area contributed by atoms with E-state index in [1.54, 1.807) is 11.3 Å². The molecule has 1 heterocycles. The summed E-state index contributed by atoms with van der Waals surface area (Å²) in [7, 11) is 0. The number of nitrogens with zero attached hydrogens (tertiary/aromatic N) is 1. The number of hydrogen-bond acceptors (Lipinski definition) is 4. The summed E-state index contributed by atoms with van der Waals surface area (Å²) in [5.41, 5.74) is 1.22. The topological polar surface area (TPSA) is 34.1 Å². The highest BCUT2D eigenvalue weighted by Gasteiger charge is 2.19. The van der Waals surface area contributed by atoms with E-state index in [9.17, 15) is 0 Å². The summed E-state index contributed by atoms with van der Waals surface area (Å²) in [5, 5.41) is 6.75. The average Bonchev–Trinajstić information content (AvgIpc) is 2.81. The van der Waals surface area contributed by atoms with Gasteiger partial charge in [0.2, 0.25) is 0 Å². The number of rotatable bonds is 5. The molecule has 0 aliphatic heterocycles. The summed E-state index contributed by atoms with van der Waals surface area (Å²) in [6.45, 7) is 10.4. The molecule has 2 rings (SSSR count). The fraction of sp³-hybridized carbons (Fsp3) is 0.812. The molecule has 1 aromatic rings. The smallest absolute Gasteiger partial charge is 0.107 e. The van der Waals surface area contributed by atoms with Gasteiger partial charge in [0.15, 0.2) is 0 Å². The van der Waals surface area contributed by atoms with Gasteiger partial charge in [-0.2, -0.15) is 0 Å². The van der Waals surface area contributed by atoms with Crippen molar-refractivity contribution in [2.24, 2.45) is 5.92 Å². The van der Waals surface area contributed by atoms with Crippen LogP contribution in [0.2, 0.25) is 0 Å². The molecule has 1 saturated carbocycles. The maximum absolute atomic E-state index is 6.02. The quantitative estimate of drug-likeness (QED) is 0.887. The molecule has 0 aromatic carbocycles. The van der Waals surface area contributed by atoms with E-state index < -0.39 is 0 Å². The molecule has 0 amide bonds. The van der Waals surface area contributed by atoms with Crippen molar-refractivity contribution in [3.63, 3.8) is 0 Å². The Morgan fingerprint density at radius 2 is 2.20 bits per heavy atom. The molecule has 0 bridgehead atoms. The van der Waals surface area contributed by atoms with Gasteiger partial charge < -0.3 is 10.1 Å². The van der Waals surface area contributed by atoms with Crippen LogP contribution in [0.3, 0.4) is 0 Å². The zero-order chi connectivity index (χ0) is 14.6. The van der Waals surface area contributed by atoms with E-state index in [0.29, 0.717) is 12.7 Å². The predicted octanol–water partition coefficient (Wildman–Crippen LogP) is 4.13. The lowest BCUT2D eigenvalue weighted by Gasteiger charge is -2.26. The van der Waals surface area contributed by atoms with Crippen molar-refractivity contribution in [1.29, 1.82) is 0 Å². The summed E-state index contributed by atoms with van der Waals surface area (Å²) < 4.78 is 6.02. The van der Waals surface area contributed by atoms with E-state index in [1.807, 2.05) is 0 Å². The molecule has 0 radical (unpaired) electrons. The lowest BCUT2D eigenvalue weighted by molar-refractivity contribution is 0.00336. The Morgan fingerprint density at radius 3 is 2.90 bits per heavy atom. The Balaban J connectivity index is 1.75. The molecule has 0 spiro atoms. The first-order chi connectivity index (χ1) is 9.42. The second-order valence-corrected chi connectivity index (χ2v) is 7.98. The molecule has 1 aliphatic rings. The van der Waals surface area contributed by atoms with Crippen molar-refractivity contribution in [2.75, 3.05) is 0 Å². The van der Waals surface area contributed by atoms with E-state index in [4.69, 9.17) is 4.74 Å². The van der Waals surface area contributed by atoms with Crippen LogP contribution in [0.25, 0.3) is 0 Å². The van der Waals surface area contributed by atoms with Crippen LogP contribution >= 0.6 is 11.3 Å². The third kappa shape index (κ3) is 5.51. The van der Waals surface area contributed by atoms with Crippen LogP contribution in [-0.4, -0.2) is 16.6 Å². The lowest BCUT2D eigenvalue weighted by Crippen LogP contribution is -2.35. The fourth-order valence-corrected chi connectivity index (χ4v) is 3.29. The highest BCUT2D eigenvalue weighted by molar-refractivity contribution is 7.09. The maximum Gasteiger partial charge on any atom is 0.107 e. The molecule has 1 N–H and O–H groups in total. The van der Waals surface area contributed by atoms with Gasteiger partial charge in [0.25, 0.3) is 0 Å². The van der Waals surface area contributed by atoms with E-state index in [1.165, 1.54) is 25.7 Å². The first kappa shape index (κ1) is 15.9. The number of ether oxygens (including phenoxy) is 1. The van der Waals surface area contributed by atoms with Gasteiger partial charge >= 0.3 is 0 Å². The van der Waals surface area contributed by atoms with Crippen molar-refractivity contribution in [2.45, 2.75) is 78.2 Å². The number of nitrogens with one attached hydrogen (secondary N) is 1. The SMILES string of the molecule is CC1CCCC(OCc2csc(CNC(C)(C)C)n2)C1. The van der Waals surface area contributed by atoms with Crippen LogP contribution < -0.4 is 5.32 Å². The largest absolute Gasteiger partial charge is 0.372 e. The minimum absolute atomic E-state index is 0.139. The number of aromatic nitrogens is 1. The highest BCUT2D eigenvalue weighted by atomic mass is 32.1. The van der Waals surface area contributed by atoms with E-state index in [2.05, 4.69) is 43.4 Å². The van der Waals surface area contributed by atoms with Gasteiger partial charge in [-0.1, -0.05) is 19.8 Å². The Kier molecular flexibility index (Phi) is 5.58. The Hall–Kier alpha value is -0.450. The summed E-state index contributed by atoms with van der Waals surface area (Å²) in [5.74, 6) is 0.815. The van der Waals surface area contributed by atoms with Crippen molar-refractivity contribution in [3.8, 4) is 0 Å². The van der Waals surface area contributed by atoms with Crippen molar-refractivity contribution in [1.82, 2.24) is 10.3 Å². The minimum Gasteiger partial charge on any atom is -0.372 e. The van der Waals surface area contributed by atoms with Crippen molar-refractivity contribution in [3.05, 3.63) is 16.1 Å². The third-order valence-electron chi connectivity index (χ3n) is 3.72. The number of thiazole rings is 1. The molecule has 2 atom stereocenters. The van der Waals surface area contributed by atoms with Crippen molar-refractivity contribution < 1.29 is 4.74 Å². The van der Waals surface area contributed by atoms with Crippen LogP contribution in [0.15, 0.2) is 5.38 Å².